The van der Waals surface area contributed by atoms with E-state index >= 15 is 0 Å². The van der Waals surface area contributed by atoms with Gasteiger partial charge in [-0.05, 0) is 9.05 Å². The second-order valence-corrected chi connectivity index (χ2v) is 5.28. The molecule has 29 heavy (non-hydrogen) atoms. The summed E-state index contributed by atoms with van der Waals surface area (Å²) in [7, 11) is 2.79. The molecular formula is C16H32F2O11. The van der Waals surface area contributed by atoms with E-state index in [1.165, 1.54) is 14.2 Å². The van der Waals surface area contributed by atoms with Crippen LogP contribution < -0.4 is 0 Å². The molecule has 0 amide bonds. The zero-order valence-corrected chi connectivity index (χ0v) is 16.9. The molecule has 0 heterocycles. The molecular weight excluding hydrogens is 406 g/mol. The van der Waals surface area contributed by atoms with E-state index in [1.807, 2.05) is 0 Å². The maximum absolute atomic E-state index is 11.6. The molecule has 0 spiro atoms. The zero-order valence-electron chi connectivity index (χ0n) is 16.9. The molecule has 0 aromatic rings. The molecule has 0 rings (SSSR count). The van der Waals surface area contributed by atoms with Gasteiger partial charge in [0.15, 0.2) is 0 Å². The fourth-order valence-electron chi connectivity index (χ4n) is 1.84. The van der Waals surface area contributed by atoms with Gasteiger partial charge in [0.2, 0.25) is 0 Å². The number of hydrogen-bond acceptors (Lipinski definition) is 11. The van der Waals surface area contributed by atoms with E-state index in [9.17, 15) is 9.05 Å². The Morgan fingerprint density at radius 2 is 0.931 bits per heavy atom. The molecule has 0 aliphatic carbocycles. The molecule has 0 unspecified atom stereocenters. The van der Waals surface area contributed by atoms with E-state index in [0.717, 1.165) is 0 Å². The molecule has 0 saturated carbocycles. The molecule has 176 valence electrons. The largest absolute Gasteiger partial charge is 0.377 e. The van der Waals surface area contributed by atoms with Gasteiger partial charge in [0, 0.05) is 0 Å². The molecule has 0 aromatic heterocycles. The van der Waals surface area contributed by atoms with Crippen molar-refractivity contribution in [3.63, 3.8) is 0 Å². The standard InChI is InChI=1S/C16H32F2O11/c1-19-28-13-16(14-29-20-2)25-8-4-21-3-7-24-15(11-22-5-9-26-17)12-23-6-10-27-18/h15-16H,3-14H2,1-2H3. The highest BCUT2D eigenvalue weighted by atomic mass is 19.3. The van der Waals surface area contributed by atoms with Crippen molar-refractivity contribution < 1.29 is 62.2 Å². The van der Waals surface area contributed by atoms with E-state index in [4.69, 9.17) is 33.5 Å². The van der Waals surface area contributed by atoms with Crippen LogP contribution in [0.5, 0.6) is 0 Å². The van der Waals surface area contributed by atoms with Gasteiger partial charge in [0.1, 0.15) is 38.6 Å². The van der Waals surface area contributed by atoms with Gasteiger partial charge in [-0.1, -0.05) is 0 Å². The number of halogens is 2. The van der Waals surface area contributed by atoms with Crippen molar-refractivity contribution in [3.05, 3.63) is 0 Å². The Morgan fingerprint density at radius 3 is 1.34 bits per heavy atom. The fourth-order valence-corrected chi connectivity index (χ4v) is 1.84. The van der Waals surface area contributed by atoms with Crippen molar-refractivity contribution in [2.45, 2.75) is 12.2 Å². The molecule has 0 saturated heterocycles. The summed E-state index contributed by atoms with van der Waals surface area (Å²) in [4.78, 5) is 25.5. The molecule has 0 aliphatic heterocycles. The second-order valence-electron chi connectivity index (χ2n) is 5.28. The van der Waals surface area contributed by atoms with Crippen LogP contribution in [0.25, 0.3) is 0 Å². The quantitative estimate of drug-likeness (QED) is 0.121. The van der Waals surface area contributed by atoms with Crippen LogP contribution in [0.15, 0.2) is 0 Å². The topological polar surface area (TPSA) is 102 Å². The average molecular weight is 438 g/mol. The van der Waals surface area contributed by atoms with Crippen molar-refractivity contribution in [3.8, 4) is 0 Å². The molecule has 13 heteroatoms. The molecule has 0 atom stereocenters. The Morgan fingerprint density at radius 1 is 0.517 bits per heavy atom. The van der Waals surface area contributed by atoms with Crippen LogP contribution in [0, 0.1) is 0 Å². The first-order chi connectivity index (χ1) is 14.3. The Bertz CT molecular complexity index is 299. The Kier molecular flexibility index (Phi) is 23.2. The lowest BCUT2D eigenvalue weighted by Crippen LogP contribution is -2.29. The number of rotatable bonds is 24. The summed E-state index contributed by atoms with van der Waals surface area (Å²) >= 11 is 0. The molecule has 0 N–H and O–H groups in total. The second kappa shape index (κ2) is 23.7. The lowest BCUT2D eigenvalue weighted by molar-refractivity contribution is -0.318. The molecule has 0 fully saturated rings. The maximum atomic E-state index is 11.6. The highest BCUT2D eigenvalue weighted by molar-refractivity contribution is 4.56. The van der Waals surface area contributed by atoms with Crippen molar-refractivity contribution in [1.82, 2.24) is 0 Å². The maximum Gasteiger partial charge on any atom is 0.111 e. The minimum Gasteiger partial charge on any atom is -0.377 e. The van der Waals surface area contributed by atoms with Crippen molar-refractivity contribution in [1.29, 1.82) is 0 Å². The highest BCUT2D eigenvalue weighted by Gasteiger charge is 2.12. The Balaban J connectivity index is 3.85. The molecule has 0 aliphatic rings. The van der Waals surface area contributed by atoms with Crippen molar-refractivity contribution >= 4 is 0 Å². The predicted molar refractivity (Wildman–Crippen MR) is 92.0 cm³/mol. The third-order valence-corrected chi connectivity index (χ3v) is 3.12. The van der Waals surface area contributed by atoms with Gasteiger partial charge in [0.25, 0.3) is 0 Å². The molecule has 0 aromatic carbocycles. The van der Waals surface area contributed by atoms with Crippen LogP contribution in [0.4, 0.5) is 9.05 Å². The van der Waals surface area contributed by atoms with E-state index < -0.39 is 6.10 Å². The fraction of sp³-hybridized carbons (Fsp3) is 1.00. The van der Waals surface area contributed by atoms with Crippen LogP contribution in [0.1, 0.15) is 0 Å². The summed E-state index contributed by atoms with van der Waals surface area (Å²) in [6.07, 6.45) is -0.814. The SMILES string of the molecule is COOCC(COOC)OCCOCCOC(COCCOF)COCCOF. The van der Waals surface area contributed by atoms with Crippen LogP contribution in [0.2, 0.25) is 0 Å². The van der Waals surface area contributed by atoms with E-state index in [2.05, 4.69) is 19.7 Å². The van der Waals surface area contributed by atoms with Crippen LogP contribution in [-0.4, -0.2) is 106 Å². The summed E-state index contributed by atoms with van der Waals surface area (Å²) in [6, 6.07) is 0. The summed E-state index contributed by atoms with van der Waals surface area (Å²) < 4.78 is 50.1. The smallest absolute Gasteiger partial charge is 0.111 e. The van der Waals surface area contributed by atoms with Gasteiger partial charge in [-0.25, -0.2) is 19.6 Å². The number of hydrogen-bond donors (Lipinski definition) is 0. The minimum absolute atomic E-state index is 0.0680. The van der Waals surface area contributed by atoms with Gasteiger partial charge < -0.3 is 23.7 Å². The van der Waals surface area contributed by atoms with Gasteiger partial charge in [-0.3, -0.25) is 0 Å². The summed E-state index contributed by atoms with van der Waals surface area (Å²) in [5.74, 6) is 0. The zero-order chi connectivity index (χ0) is 21.4. The first kappa shape index (κ1) is 28.4. The Labute approximate surface area is 168 Å². The average Bonchev–Trinajstić information content (AvgIpc) is 2.74. The monoisotopic (exact) mass is 438 g/mol. The van der Waals surface area contributed by atoms with Crippen LogP contribution in [-0.2, 0) is 53.1 Å². The minimum atomic E-state index is -0.434. The van der Waals surface area contributed by atoms with Gasteiger partial charge in [0.05, 0.1) is 67.1 Å². The van der Waals surface area contributed by atoms with E-state index in [0.29, 0.717) is 19.8 Å². The Hall–Kier alpha value is -0.580. The normalized spacial score (nSPS) is 11.8. The predicted octanol–water partition coefficient (Wildman–Crippen LogP) is 0.765. The number of ether oxygens (including phenoxy) is 5. The molecule has 0 bridgehead atoms. The summed E-state index contributed by atoms with van der Waals surface area (Å²) in [5.41, 5.74) is 0. The lowest BCUT2D eigenvalue weighted by atomic mass is 10.4. The molecule has 0 radical (unpaired) electrons. The van der Waals surface area contributed by atoms with Gasteiger partial charge >= 0.3 is 0 Å². The third kappa shape index (κ3) is 20.5. The van der Waals surface area contributed by atoms with Crippen LogP contribution >= 0.6 is 0 Å². The summed E-state index contributed by atoms with van der Waals surface area (Å²) in [6.45, 7) is 1.61. The van der Waals surface area contributed by atoms with E-state index in [-0.39, 0.29) is 65.6 Å². The van der Waals surface area contributed by atoms with Crippen LogP contribution in [0.3, 0.4) is 0 Å². The summed E-state index contributed by atoms with van der Waals surface area (Å²) in [5, 5.41) is 0. The van der Waals surface area contributed by atoms with Gasteiger partial charge in [-0.2, -0.15) is 9.88 Å². The first-order valence-corrected chi connectivity index (χ1v) is 9.03. The van der Waals surface area contributed by atoms with Crippen molar-refractivity contribution in [2.24, 2.45) is 0 Å². The first-order valence-electron chi connectivity index (χ1n) is 9.03. The molecule has 11 nitrogen and oxygen atoms in total. The third-order valence-electron chi connectivity index (χ3n) is 3.12. The lowest BCUT2D eigenvalue weighted by Gasteiger charge is -2.18. The van der Waals surface area contributed by atoms with Crippen molar-refractivity contribution in [2.75, 3.05) is 93.5 Å². The van der Waals surface area contributed by atoms with Gasteiger partial charge in [-0.15, -0.1) is 0 Å². The van der Waals surface area contributed by atoms with E-state index in [1.54, 1.807) is 0 Å². The highest BCUT2D eigenvalue weighted by Crippen LogP contribution is 1.98.